The molecular weight excluding hydrogens is 350 g/mol. The second-order valence-electron chi connectivity index (χ2n) is 6.09. The SMILES string of the molecule is CC[C@@]1(c2ccc3cc(OC)ccc3c2)SC(NC(C)=O)=NN1C(C)=O. The second-order valence-corrected chi connectivity index (χ2v) is 7.35. The molecule has 0 bridgehead atoms. The lowest BCUT2D eigenvalue weighted by Gasteiger charge is -2.34. The van der Waals surface area contributed by atoms with Crippen LogP contribution >= 0.6 is 11.8 Å². The molecular formula is C19H21N3O3S. The van der Waals surface area contributed by atoms with E-state index in [0.29, 0.717) is 11.6 Å². The lowest BCUT2D eigenvalue weighted by Crippen LogP contribution is -2.39. The molecule has 2 amide bonds. The average molecular weight is 371 g/mol. The highest BCUT2D eigenvalue weighted by Crippen LogP contribution is 2.48. The molecule has 6 nitrogen and oxygen atoms in total. The summed E-state index contributed by atoms with van der Waals surface area (Å²) in [5.74, 6) is 0.416. The van der Waals surface area contributed by atoms with E-state index < -0.39 is 4.87 Å². The maximum Gasteiger partial charge on any atom is 0.241 e. The number of rotatable bonds is 3. The summed E-state index contributed by atoms with van der Waals surface area (Å²) in [4.78, 5) is 23.0. The fourth-order valence-electron chi connectivity index (χ4n) is 3.12. The molecule has 0 aromatic heterocycles. The number of fused-ring (bicyclic) bond motifs is 1. The molecule has 0 saturated heterocycles. The Bertz CT molecular complexity index is 912. The average Bonchev–Trinajstić information content (AvgIpc) is 3.00. The van der Waals surface area contributed by atoms with Gasteiger partial charge < -0.3 is 10.1 Å². The molecule has 0 unspecified atom stereocenters. The van der Waals surface area contributed by atoms with E-state index in [1.54, 1.807) is 7.11 Å². The summed E-state index contributed by atoms with van der Waals surface area (Å²) in [6.07, 6.45) is 0.644. The summed E-state index contributed by atoms with van der Waals surface area (Å²) in [5, 5.41) is 11.1. The molecule has 0 fully saturated rings. The maximum atomic E-state index is 12.2. The van der Waals surface area contributed by atoms with Crippen LogP contribution in [0.1, 0.15) is 32.8 Å². The molecule has 1 atom stereocenters. The first-order valence-corrected chi connectivity index (χ1v) is 9.15. The Morgan fingerprint density at radius 1 is 1.19 bits per heavy atom. The lowest BCUT2D eigenvalue weighted by atomic mass is 9.98. The van der Waals surface area contributed by atoms with Gasteiger partial charge in [0.1, 0.15) is 10.6 Å². The van der Waals surface area contributed by atoms with Gasteiger partial charge in [0.25, 0.3) is 0 Å². The highest BCUT2D eigenvalue weighted by Gasteiger charge is 2.46. The van der Waals surface area contributed by atoms with Crippen LogP contribution in [0.4, 0.5) is 0 Å². The number of ether oxygens (including phenoxy) is 1. The van der Waals surface area contributed by atoms with Crippen LogP contribution in [0.25, 0.3) is 10.8 Å². The number of carbonyl (C=O) groups excluding carboxylic acids is 2. The summed E-state index contributed by atoms with van der Waals surface area (Å²) in [6, 6.07) is 12.0. The Kier molecular flexibility index (Phi) is 4.91. The van der Waals surface area contributed by atoms with Crippen LogP contribution in [0.5, 0.6) is 5.75 Å². The van der Waals surface area contributed by atoms with Gasteiger partial charge in [0.05, 0.1) is 7.11 Å². The number of methoxy groups -OCH3 is 1. The topological polar surface area (TPSA) is 71.0 Å². The number of benzene rings is 2. The first kappa shape index (κ1) is 18.3. The molecule has 2 aromatic carbocycles. The zero-order chi connectivity index (χ0) is 18.9. The van der Waals surface area contributed by atoms with Gasteiger partial charge in [-0.3, -0.25) is 9.59 Å². The van der Waals surface area contributed by atoms with E-state index in [0.717, 1.165) is 22.1 Å². The van der Waals surface area contributed by atoms with Crippen molar-refractivity contribution in [1.82, 2.24) is 10.3 Å². The molecule has 1 heterocycles. The number of amides is 2. The third-order valence-electron chi connectivity index (χ3n) is 4.36. The van der Waals surface area contributed by atoms with Gasteiger partial charge in [-0.2, -0.15) is 0 Å². The highest BCUT2D eigenvalue weighted by molar-refractivity contribution is 8.14. The van der Waals surface area contributed by atoms with Gasteiger partial charge in [-0.15, -0.1) is 5.10 Å². The van der Waals surface area contributed by atoms with Crippen LogP contribution in [-0.2, 0) is 14.5 Å². The third-order valence-corrected chi connectivity index (χ3v) is 5.77. The predicted octanol–water partition coefficient (Wildman–Crippen LogP) is 3.41. The standard InChI is InChI=1S/C19H21N3O3S/c1-5-19(22(13(3)24)21-18(26-19)20-12(2)23)16-8-6-15-11-17(25-4)9-7-14(15)10-16/h6-11H,5H2,1-4H3,(H,20,21,23)/t19-/m0/s1. The van der Waals surface area contributed by atoms with Crippen molar-refractivity contribution in [3.05, 3.63) is 42.0 Å². The minimum Gasteiger partial charge on any atom is -0.497 e. The Morgan fingerprint density at radius 3 is 2.50 bits per heavy atom. The molecule has 2 aromatic rings. The number of carbonyl (C=O) groups is 2. The summed E-state index contributed by atoms with van der Waals surface area (Å²) < 4.78 is 5.28. The van der Waals surface area contributed by atoms with Crippen molar-refractivity contribution in [3.63, 3.8) is 0 Å². The van der Waals surface area contributed by atoms with Crippen molar-refractivity contribution >= 4 is 39.5 Å². The van der Waals surface area contributed by atoms with Gasteiger partial charge in [0.15, 0.2) is 5.17 Å². The second kappa shape index (κ2) is 6.99. The fraction of sp³-hybridized carbons (Fsp3) is 0.316. The first-order valence-electron chi connectivity index (χ1n) is 8.34. The quantitative estimate of drug-likeness (QED) is 0.897. The number of nitrogens with one attached hydrogen (secondary N) is 1. The number of thioether (sulfide) groups is 1. The van der Waals surface area contributed by atoms with E-state index in [4.69, 9.17) is 4.74 Å². The number of hydrazone groups is 1. The van der Waals surface area contributed by atoms with Gasteiger partial charge >= 0.3 is 0 Å². The minimum absolute atomic E-state index is 0.172. The molecule has 0 saturated carbocycles. The van der Waals surface area contributed by atoms with Crippen LogP contribution < -0.4 is 10.1 Å². The van der Waals surface area contributed by atoms with E-state index >= 15 is 0 Å². The van der Waals surface area contributed by atoms with Crippen LogP contribution in [0.2, 0.25) is 0 Å². The van der Waals surface area contributed by atoms with Crippen molar-refractivity contribution in [2.45, 2.75) is 32.1 Å². The molecule has 136 valence electrons. The van der Waals surface area contributed by atoms with E-state index in [1.807, 2.05) is 37.3 Å². The fourth-order valence-corrected chi connectivity index (χ4v) is 4.40. The Labute approximate surface area is 156 Å². The van der Waals surface area contributed by atoms with Gasteiger partial charge in [0.2, 0.25) is 11.8 Å². The number of hydrogen-bond acceptors (Lipinski definition) is 5. The number of hydrogen-bond donors (Lipinski definition) is 1. The Morgan fingerprint density at radius 2 is 1.88 bits per heavy atom. The summed E-state index contributed by atoms with van der Waals surface area (Å²) in [7, 11) is 1.64. The zero-order valence-electron chi connectivity index (χ0n) is 15.2. The van der Waals surface area contributed by atoms with Crippen molar-refractivity contribution in [2.24, 2.45) is 5.10 Å². The molecule has 26 heavy (non-hydrogen) atoms. The van der Waals surface area contributed by atoms with E-state index in [9.17, 15) is 9.59 Å². The van der Waals surface area contributed by atoms with E-state index in [1.165, 1.54) is 30.6 Å². The van der Waals surface area contributed by atoms with Crippen molar-refractivity contribution < 1.29 is 14.3 Å². The molecule has 7 heteroatoms. The zero-order valence-corrected chi connectivity index (χ0v) is 16.0. The lowest BCUT2D eigenvalue weighted by molar-refractivity contribution is -0.132. The van der Waals surface area contributed by atoms with Crippen LogP contribution in [0.15, 0.2) is 41.5 Å². The van der Waals surface area contributed by atoms with Crippen molar-refractivity contribution in [1.29, 1.82) is 0 Å². The summed E-state index contributed by atoms with van der Waals surface area (Å²) >= 11 is 1.39. The van der Waals surface area contributed by atoms with Crippen LogP contribution in [0, 0.1) is 0 Å². The van der Waals surface area contributed by atoms with Gasteiger partial charge in [-0.05, 0) is 41.0 Å². The molecule has 0 aliphatic carbocycles. The van der Waals surface area contributed by atoms with Crippen LogP contribution in [-0.4, -0.2) is 29.1 Å². The summed E-state index contributed by atoms with van der Waals surface area (Å²) in [6.45, 7) is 4.92. The minimum atomic E-state index is -0.683. The van der Waals surface area contributed by atoms with E-state index in [2.05, 4.69) is 16.5 Å². The smallest absolute Gasteiger partial charge is 0.241 e. The molecule has 1 aliphatic rings. The Hall–Kier alpha value is -2.54. The summed E-state index contributed by atoms with van der Waals surface area (Å²) in [5.41, 5.74) is 0.960. The van der Waals surface area contributed by atoms with Crippen LogP contribution in [0.3, 0.4) is 0 Å². The molecule has 0 spiro atoms. The molecule has 1 aliphatic heterocycles. The number of nitrogens with zero attached hydrogens (tertiary/aromatic N) is 2. The van der Waals surface area contributed by atoms with E-state index in [-0.39, 0.29) is 11.8 Å². The first-order chi connectivity index (χ1) is 12.4. The monoisotopic (exact) mass is 371 g/mol. The molecule has 3 rings (SSSR count). The number of amidine groups is 1. The maximum absolute atomic E-state index is 12.2. The molecule has 0 radical (unpaired) electrons. The van der Waals surface area contributed by atoms with Crippen molar-refractivity contribution in [3.8, 4) is 5.75 Å². The third kappa shape index (κ3) is 3.14. The van der Waals surface area contributed by atoms with Crippen molar-refractivity contribution in [2.75, 3.05) is 7.11 Å². The molecule has 1 N–H and O–H groups in total. The van der Waals surface area contributed by atoms with Gasteiger partial charge in [0, 0.05) is 13.8 Å². The van der Waals surface area contributed by atoms with Gasteiger partial charge in [-0.25, -0.2) is 5.01 Å². The highest BCUT2D eigenvalue weighted by atomic mass is 32.2. The normalized spacial score (nSPS) is 19.4. The van der Waals surface area contributed by atoms with Gasteiger partial charge in [-0.1, -0.05) is 36.9 Å². The predicted molar refractivity (Wildman–Crippen MR) is 104 cm³/mol. The Balaban J connectivity index is 2.07. The largest absolute Gasteiger partial charge is 0.497 e.